The van der Waals surface area contributed by atoms with Crippen molar-refractivity contribution >= 4 is 0 Å². The van der Waals surface area contributed by atoms with Crippen molar-refractivity contribution in [2.24, 2.45) is 0 Å². The quantitative estimate of drug-likeness (QED) is 0.803. The molecule has 0 saturated heterocycles. The Morgan fingerprint density at radius 2 is 2.50 bits per heavy atom. The van der Waals surface area contributed by atoms with Gasteiger partial charge in [0.2, 0.25) is 0 Å². The second-order valence-corrected chi connectivity index (χ2v) is 3.60. The topological polar surface area (TPSA) is 55.9 Å². The van der Waals surface area contributed by atoms with E-state index in [2.05, 4.69) is 22.6 Å². The highest BCUT2D eigenvalue weighted by Crippen LogP contribution is 2.16. The molecule has 0 spiro atoms. The number of hydrogen-bond donors (Lipinski definition) is 1. The van der Waals surface area contributed by atoms with E-state index in [1.807, 2.05) is 23.0 Å². The molecule has 86 valence electrons. The maximum Gasteiger partial charge on any atom is 0.120 e. The normalized spacial score (nSPS) is 12.8. The van der Waals surface area contributed by atoms with Crippen molar-refractivity contribution in [1.29, 1.82) is 0 Å². The van der Waals surface area contributed by atoms with Gasteiger partial charge in [-0.15, -0.1) is 5.10 Å². The van der Waals surface area contributed by atoms with Crippen molar-refractivity contribution in [3.05, 3.63) is 36.5 Å². The van der Waals surface area contributed by atoms with Crippen LogP contribution in [0.4, 0.5) is 0 Å². The van der Waals surface area contributed by atoms with E-state index in [9.17, 15) is 0 Å². The van der Waals surface area contributed by atoms with E-state index in [4.69, 9.17) is 4.42 Å². The van der Waals surface area contributed by atoms with E-state index in [0.29, 0.717) is 0 Å². The Morgan fingerprint density at radius 1 is 1.56 bits per heavy atom. The minimum absolute atomic E-state index is 0.276. The van der Waals surface area contributed by atoms with Gasteiger partial charge >= 0.3 is 0 Å². The average Bonchev–Trinajstić information content (AvgIpc) is 2.96. The molecule has 2 aromatic rings. The molecule has 2 aromatic heterocycles. The lowest BCUT2D eigenvalue weighted by Crippen LogP contribution is -2.24. The van der Waals surface area contributed by atoms with Gasteiger partial charge in [0, 0.05) is 12.7 Å². The van der Waals surface area contributed by atoms with E-state index >= 15 is 0 Å². The monoisotopic (exact) mass is 220 g/mol. The fourth-order valence-corrected chi connectivity index (χ4v) is 1.64. The summed E-state index contributed by atoms with van der Waals surface area (Å²) in [6, 6.07) is 4.19. The Kier molecular flexibility index (Phi) is 3.71. The predicted octanol–water partition coefficient (Wildman–Crippen LogP) is 1.61. The van der Waals surface area contributed by atoms with Gasteiger partial charge in [0.1, 0.15) is 5.76 Å². The third-order valence-electron chi connectivity index (χ3n) is 2.50. The second kappa shape index (κ2) is 5.46. The van der Waals surface area contributed by atoms with E-state index in [1.165, 1.54) is 0 Å². The summed E-state index contributed by atoms with van der Waals surface area (Å²) in [7, 11) is 0. The highest BCUT2D eigenvalue weighted by molar-refractivity contribution is 5.03. The van der Waals surface area contributed by atoms with Gasteiger partial charge in [-0.1, -0.05) is 12.1 Å². The van der Waals surface area contributed by atoms with E-state index in [-0.39, 0.29) is 6.04 Å². The van der Waals surface area contributed by atoms with Gasteiger partial charge in [-0.25, -0.2) is 0 Å². The zero-order valence-electron chi connectivity index (χ0n) is 9.34. The molecule has 0 aliphatic heterocycles. The number of nitrogens with one attached hydrogen (secondary N) is 1. The van der Waals surface area contributed by atoms with Crippen LogP contribution in [0.15, 0.2) is 35.2 Å². The summed E-state index contributed by atoms with van der Waals surface area (Å²) in [6.45, 7) is 3.80. The molecule has 1 atom stereocenters. The smallest absolute Gasteiger partial charge is 0.120 e. The number of nitrogens with zero attached hydrogens (tertiary/aromatic N) is 3. The van der Waals surface area contributed by atoms with Gasteiger partial charge < -0.3 is 9.73 Å². The SMILES string of the molecule is CCC(NCCn1ccnn1)c1ccco1. The highest BCUT2D eigenvalue weighted by Gasteiger charge is 2.10. The first-order valence-corrected chi connectivity index (χ1v) is 5.51. The molecule has 2 heterocycles. The number of furan rings is 1. The summed E-state index contributed by atoms with van der Waals surface area (Å²) in [4.78, 5) is 0. The van der Waals surface area contributed by atoms with Crippen molar-refractivity contribution in [2.45, 2.75) is 25.9 Å². The summed E-state index contributed by atoms with van der Waals surface area (Å²) >= 11 is 0. The second-order valence-electron chi connectivity index (χ2n) is 3.60. The molecule has 1 N–H and O–H groups in total. The van der Waals surface area contributed by atoms with Crippen LogP contribution in [0.25, 0.3) is 0 Å². The minimum atomic E-state index is 0.276. The standard InChI is InChI=1S/C11H16N4O/c1-2-10(11-4-3-9-16-11)12-5-7-15-8-6-13-14-15/h3-4,6,8-10,12H,2,5,7H2,1H3. The molecule has 0 aliphatic rings. The molecule has 5 heteroatoms. The van der Waals surface area contributed by atoms with Crippen LogP contribution in [0, 0.1) is 0 Å². The average molecular weight is 220 g/mol. The lowest BCUT2D eigenvalue weighted by molar-refractivity contribution is 0.392. The molecule has 0 amide bonds. The first kappa shape index (κ1) is 10.9. The molecule has 5 nitrogen and oxygen atoms in total. The van der Waals surface area contributed by atoms with Gasteiger partial charge in [0.05, 0.1) is 25.0 Å². The molecular formula is C11H16N4O. The predicted molar refractivity (Wildman–Crippen MR) is 59.8 cm³/mol. The first-order valence-electron chi connectivity index (χ1n) is 5.51. The van der Waals surface area contributed by atoms with Crippen LogP contribution in [-0.4, -0.2) is 21.5 Å². The van der Waals surface area contributed by atoms with E-state index in [0.717, 1.165) is 25.3 Å². The number of aromatic nitrogens is 3. The lowest BCUT2D eigenvalue weighted by atomic mass is 10.2. The molecular weight excluding hydrogens is 204 g/mol. The van der Waals surface area contributed by atoms with Gasteiger partial charge in [-0.3, -0.25) is 4.68 Å². The largest absolute Gasteiger partial charge is 0.468 e. The molecule has 16 heavy (non-hydrogen) atoms. The van der Waals surface area contributed by atoms with Crippen molar-refractivity contribution in [2.75, 3.05) is 6.54 Å². The van der Waals surface area contributed by atoms with Crippen LogP contribution < -0.4 is 5.32 Å². The van der Waals surface area contributed by atoms with Gasteiger partial charge in [0.15, 0.2) is 0 Å². The zero-order valence-corrected chi connectivity index (χ0v) is 9.34. The minimum Gasteiger partial charge on any atom is -0.468 e. The maximum absolute atomic E-state index is 5.38. The van der Waals surface area contributed by atoms with Gasteiger partial charge in [-0.05, 0) is 18.6 Å². The van der Waals surface area contributed by atoms with Gasteiger partial charge in [-0.2, -0.15) is 0 Å². The molecule has 0 radical (unpaired) electrons. The molecule has 0 fully saturated rings. The maximum atomic E-state index is 5.38. The molecule has 2 rings (SSSR count). The summed E-state index contributed by atoms with van der Waals surface area (Å²) in [5.41, 5.74) is 0. The molecule has 0 aromatic carbocycles. The van der Waals surface area contributed by atoms with Gasteiger partial charge in [0.25, 0.3) is 0 Å². The summed E-state index contributed by atoms with van der Waals surface area (Å²) in [5, 5.41) is 11.1. The first-order chi connectivity index (χ1) is 7.90. The summed E-state index contributed by atoms with van der Waals surface area (Å²) in [6.07, 6.45) is 6.25. The fraction of sp³-hybridized carbons (Fsp3) is 0.455. The molecule has 0 aliphatic carbocycles. The molecule has 0 saturated carbocycles. The summed E-state index contributed by atoms with van der Waals surface area (Å²) in [5.74, 6) is 0.987. The van der Waals surface area contributed by atoms with Crippen LogP contribution in [0.1, 0.15) is 25.1 Å². The Hall–Kier alpha value is -1.62. The Bertz CT molecular complexity index is 382. The van der Waals surface area contributed by atoms with Crippen LogP contribution in [0.5, 0.6) is 0 Å². The van der Waals surface area contributed by atoms with Crippen LogP contribution in [-0.2, 0) is 6.54 Å². The van der Waals surface area contributed by atoms with Crippen LogP contribution >= 0.6 is 0 Å². The third-order valence-corrected chi connectivity index (χ3v) is 2.50. The Morgan fingerprint density at radius 3 is 3.12 bits per heavy atom. The number of rotatable bonds is 6. The zero-order chi connectivity index (χ0) is 11.2. The lowest BCUT2D eigenvalue weighted by Gasteiger charge is -2.14. The Balaban J connectivity index is 1.80. The van der Waals surface area contributed by atoms with Crippen LogP contribution in [0.3, 0.4) is 0 Å². The fourth-order valence-electron chi connectivity index (χ4n) is 1.64. The molecule has 1 unspecified atom stereocenters. The highest BCUT2D eigenvalue weighted by atomic mass is 16.3. The molecule has 0 bridgehead atoms. The van der Waals surface area contributed by atoms with E-state index in [1.54, 1.807) is 12.5 Å². The van der Waals surface area contributed by atoms with Crippen molar-refractivity contribution in [3.8, 4) is 0 Å². The third kappa shape index (κ3) is 2.70. The van der Waals surface area contributed by atoms with Crippen molar-refractivity contribution < 1.29 is 4.42 Å². The van der Waals surface area contributed by atoms with Crippen molar-refractivity contribution in [3.63, 3.8) is 0 Å². The Labute approximate surface area is 94.5 Å². The van der Waals surface area contributed by atoms with Crippen LogP contribution in [0.2, 0.25) is 0 Å². The van der Waals surface area contributed by atoms with Crippen molar-refractivity contribution in [1.82, 2.24) is 20.3 Å². The number of hydrogen-bond acceptors (Lipinski definition) is 4. The summed E-state index contributed by atoms with van der Waals surface area (Å²) < 4.78 is 7.18. The van der Waals surface area contributed by atoms with E-state index < -0.39 is 0 Å².